The van der Waals surface area contributed by atoms with Crippen LogP contribution < -0.4 is 10.6 Å². The Hall–Kier alpha value is -1.65. The number of benzene rings is 2. The first-order valence-electron chi connectivity index (χ1n) is 5.65. The second-order valence-corrected chi connectivity index (χ2v) is 4.81. The molecule has 2 rings (SSSR count). The van der Waals surface area contributed by atoms with Gasteiger partial charge >= 0.3 is 0 Å². The highest BCUT2D eigenvalue weighted by Gasteiger charge is 2.08. The maximum Gasteiger partial charge on any atom is 0.175 e. The summed E-state index contributed by atoms with van der Waals surface area (Å²) in [5.74, 6) is -0.516. The number of hydrogen-bond acceptors (Lipinski definition) is 1. The summed E-state index contributed by atoms with van der Waals surface area (Å²) in [5, 5.41) is 6.18. The Bertz CT molecular complexity index is 616. The fourth-order valence-corrected chi connectivity index (χ4v) is 1.98. The zero-order valence-electron chi connectivity index (χ0n) is 10.2. The molecule has 0 bridgehead atoms. The SMILES string of the molecule is Cc1ccccc1NC(=S)Nc1cccc(Cl)c1F. The Labute approximate surface area is 121 Å². The Kier molecular flexibility index (Phi) is 4.35. The molecule has 19 heavy (non-hydrogen) atoms. The predicted octanol–water partition coefficient (Wildman–Crippen LogP) is 4.60. The third-order valence-electron chi connectivity index (χ3n) is 2.59. The molecule has 0 atom stereocenters. The lowest BCUT2D eigenvalue weighted by molar-refractivity contribution is 0.632. The standard InChI is InChI=1S/C14H12ClFN2S/c1-9-5-2-3-7-11(9)17-14(19)18-12-8-4-6-10(15)13(12)16/h2-8H,1H3,(H2,17,18,19). The lowest BCUT2D eigenvalue weighted by atomic mass is 10.2. The molecular weight excluding hydrogens is 283 g/mol. The van der Waals surface area contributed by atoms with E-state index in [-0.39, 0.29) is 10.7 Å². The molecule has 5 heteroatoms. The molecule has 0 radical (unpaired) electrons. The van der Waals surface area contributed by atoms with Crippen molar-refractivity contribution in [3.63, 3.8) is 0 Å². The van der Waals surface area contributed by atoms with E-state index in [2.05, 4.69) is 10.6 Å². The van der Waals surface area contributed by atoms with Crippen molar-refractivity contribution in [2.24, 2.45) is 0 Å². The molecule has 0 amide bonds. The van der Waals surface area contributed by atoms with Crippen LogP contribution in [0.2, 0.25) is 5.02 Å². The third-order valence-corrected chi connectivity index (χ3v) is 3.09. The molecule has 2 aromatic rings. The van der Waals surface area contributed by atoms with Crippen molar-refractivity contribution in [2.45, 2.75) is 6.92 Å². The second kappa shape index (κ2) is 5.99. The van der Waals surface area contributed by atoms with E-state index < -0.39 is 5.82 Å². The van der Waals surface area contributed by atoms with E-state index in [9.17, 15) is 4.39 Å². The Morgan fingerprint density at radius 2 is 1.68 bits per heavy atom. The first-order valence-corrected chi connectivity index (χ1v) is 6.44. The van der Waals surface area contributed by atoms with Gasteiger partial charge in [0.25, 0.3) is 0 Å². The number of aryl methyl sites for hydroxylation is 1. The quantitative estimate of drug-likeness (QED) is 0.792. The molecule has 2 nitrogen and oxygen atoms in total. The van der Waals surface area contributed by atoms with Gasteiger partial charge in [-0.15, -0.1) is 0 Å². The predicted molar refractivity (Wildman–Crippen MR) is 82.4 cm³/mol. The zero-order valence-corrected chi connectivity index (χ0v) is 11.8. The van der Waals surface area contributed by atoms with Gasteiger partial charge in [-0.05, 0) is 42.9 Å². The molecule has 0 aromatic heterocycles. The van der Waals surface area contributed by atoms with E-state index in [0.29, 0.717) is 5.11 Å². The van der Waals surface area contributed by atoms with Gasteiger partial charge < -0.3 is 10.6 Å². The summed E-state index contributed by atoms with van der Waals surface area (Å²) in [4.78, 5) is 0. The summed E-state index contributed by atoms with van der Waals surface area (Å²) in [6.45, 7) is 1.96. The molecule has 0 unspecified atom stereocenters. The van der Waals surface area contributed by atoms with E-state index in [1.54, 1.807) is 12.1 Å². The third kappa shape index (κ3) is 3.43. The fraction of sp³-hybridized carbons (Fsp3) is 0.0714. The number of nitrogens with one attached hydrogen (secondary N) is 2. The number of halogens is 2. The normalized spacial score (nSPS) is 10.1. The summed E-state index contributed by atoms with van der Waals surface area (Å²) in [7, 11) is 0. The van der Waals surface area contributed by atoms with E-state index in [1.807, 2.05) is 31.2 Å². The highest BCUT2D eigenvalue weighted by molar-refractivity contribution is 7.80. The lowest BCUT2D eigenvalue weighted by Gasteiger charge is -2.13. The number of thiocarbonyl (C=S) groups is 1. The summed E-state index contributed by atoms with van der Waals surface area (Å²) in [6, 6.07) is 12.4. The highest BCUT2D eigenvalue weighted by atomic mass is 35.5. The van der Waals surface area contributed by atoms with Crippen LogP contribution in [-0.4, -0.2) is 5.11 Å². The highest BCUT2D eigenvalue weighted by Crippen LogP contribution is 2.22. The summed E-state index contributed by atoms with van der Waals surface area (Å²) in [5.41, 5.74) is 2.18. The molecule has 0 heterocycles. The van der Waals surface area contributed by atoms with Gasteiger partial charge in [-0.1, -0.05) is 35.9 Å². The van der Waals surface area contributed by atoms with Gasteiger partial charge in [0, 0.05) is 5.69 Å². The second-order valence-electron chi connectivity index (χ2n) is 4.00. The van der Waals surface area contributed by atoms with Gasteiger partial charge in [0.1, 0.15) is 0 Å². The average molecular weight is 295 g/mol. The molecule has 2 aromatic carbocycles. The zero-order chi connectivity index (χ0) is 13.8. The van der Waals surface area contributed by atoms with E-state index >= 15 is 0 Å². The average Bonchev–Trinajstić information content (AvgIpc) is 2.38. The van der Waals surface area contributed by atoms with Gasteiger partial charge in [-0.25, -0.2) is 4.39 Å². The van der Waals surface area contributed by atoms with Crippen LogP contribution in [-0.2, 0) is 0 Å². The molecule has 0 aliphatic heterocycles. The minimum atomic E-state index is -0.516. The van der Waals surface area contributed by atoms with Crippen LogP contribution in [0.4, 0.5) is 15.8 Å². The van der Waals surface area contributed by atoms with E-state index in [0.717, 1.165) is 11.3 Å². The monoisotopic (exact) mass is 294 g/mol. The van der Waals surface area contributed by atoms with Crippen molar-refractivity contribution < 1.29 is 4.39 Å². The molecule has 98 valence electrons. The topological polar surface area (TPSA) is 24.1 Å². The molecule has 0 saturated carbocycles. The van der Waals surface area contributed by atoms with Crippen molar-refractivity contribution in [1.82, 2.24) is 0 Å². The molecule has 0 aliphatic carbocycles. The van der Waals surface area contributed by atoms with Crippen molar-refractivity contribution >= 4 is 40.3 Å². The molecule has 0 saturated heterocycles. The van der Waals surface area contributed by atoms with Gasteiger partial charge in [-0.3, -0.25) is 0 Å². The van der Waals surface area contributed by atoms with Crippen molar-refractivity contribution in [2.75, 3.05) is 10.6 Å². The van der Waals surface area contributed by atoms with Crippen LogP contribution in [0.5, 0.6) is 0 Å². The lowest BCUT2D eigenvalue weighted by Crippen LogP contribution is -2.20. The minimum Gasteiger partial charge on any atom is -0.332 e. The van der Waals surface area contributed by atoms with E-state index in [4.69, 9.17) is 23.8 Å². The number of para-hydroxylation sites is 1. The Morgan fingerprint density at radius 3 is 2.42 bits per heavy atom. The minimum absolute atomic E-state index is 0.0590. The summed E-state index contributed by atoms with van der Waals surface area (Å²) < 4.78 is 13.7. The van der Waals surface area contributed by atoms with Crippen LogP contribution >= 0.6 is 23.8 Å². The van der Waals surface area contributed by atoms with Crippen LogP contribution in [0.3, 0.4) is 0 Å². The van der Waals surface area contributed by atoms with Gasteiger partial charge in [0.2, 0.25) is 0 Å². The maximum atomic E-state index is 13.7. The molecule has 0 fully saturated rings. The molecule has 0 aliphatic rings. The first kappa shape index (κ1) is 13.8. The number of rotatable bonds is 2. The maximum absolute atomic E-state index is 13.7. The van der Waals surface area contributed by atoms with Crippen LogP contribution in [0.1, 0.15) is 5.56 Å². The largest absolute Gasteiger partial charge is 0.332 e. The van der Waals surface area contributed by atoms with Crippen LogP contribution in [0.15, 0.2) is 42.5 Å². The van der Waals surface area contributed by atoms with E-state index in [1.165, 1.54) is 6.07 Å². The van der Waals surface area contributed by atoms with Gasteiger partial charge in [0.15, 0.2) is 10.9 Å². The van der Waals surface area contributed by atoms with Crippen molar-refractivity contribution in [1.29, 1.82) is 0 Å². The van der Waals surface area contributed by atoms with Crippen LogP contribution in [0, 0.1) is 12.7 Å². The van der Waals surface area contributed by atoms with Crippen molar-refractivity contribution in [3.8, 4) is 0 Å². The Balaban J connectivity index is 2.10. The number of anilines is 2. The van der Waals surface area contributed by atoms with Gasteiger partial charge in [0.05, 0.1) is 10.7 Å². The summed E-state index contributed by atoms with van der Waals surface area (Å²) >= 11 is 10.9. The molecular formula is C14H12ClFN2S. The van der Waals surface area contributed by atoms with Crippen LogP contribution in [0.25, 0.3) is 0 Å². The summed E-state index contributed by atoms with van der Waals surface area (Å²) in [6.07, 6.45) is 0. The Morgan fingerprint density at radius 1 is 1.05 bits per heavy atom. The van der Waals surface area contributed by atoms with Crippen molar-refractivity contribution in [3.05, 3.63) is 58.9 Å². The first-order chi connectivity index (χ1) is 9.08. The smallest absolute Gasteiger partial charge is 0.175 e. The number of hydrogen-bond donors (Lipinski definition) is 2. The van der Waals surface area contributed by atoms with Gasteiger partial charge in [-0.2, -0.15) is 0 Å². The fourth-order valence-electron chi connectivity index (χ4n) is 1.59. The molecule has 2 N–H and O–H groups in total. The molecule has 0 spiro atoms.